The van der Waals surface area contributed by atoms with E-state index >= 15 is 0 Å². The molecule has 7 heteroatoms. The lowest BCUT2D eigenvalue weighted by atomic mass is 10.1. The molecule has 1 aromatic carbocycles. The zero-order valence-corrected chi connectivity index (χ0v) is 12.0. The van der Waals surface area contributed by atoms with Gasteiger partial charge in [-0.1, -0.05) is 6.07 Å². The molecule has 112 valence electrons. The fraction of sp³-hybridized carbons (Fsp3) is 0.538. The summed E-state index contributed by atoms with van der Waals surface area (Å²) in [6.07, 6.45) is 2.07. The number of hydrogen-bond donors (Lipinski definition) is 2. The first-order chi connectivity index (χ1) is 9.58. The summed E-state index contributed by atoms with van der Waals surface area (Å²) in [5.74, 6) is -0.571. The third kappa shape index (κ3) is 4.52. The topological polar surface area (TPSA) is 67.4 Å². The van der Waals surface area contributed by atoms with Gasteiger partial charge in [-0.15, -0.1) is 0 Å². The molecule has 0 saturated carbocycles. The smallest absolute Gasteiger partial charge is 0.240 e. The predicted octanol–water partition coefficient (Wildman–Crippen LogP) is 0.873. The highest BCUT2D eigenvalue weighted by Gasteiger charge is 2.16. The fourth-order valence-corrected chi connectivity index (χ4v) is 3.13. The largest absolute Gasteiger partial charge is 0.377 e. The Morgan fingerprint density at radius 2 is 2.10 bits per heavy atom. The first-order valence-corrected chi connectivity index (χ1v) is 8.14. The standard InChI is InChI=1S/C13H19FN2O3S/c14-11-2-1-3-13(10-11)20(17,18)16-8-9-19-12-4-6-15-7-5-12/h1-3,10,12,15-16H,4-9H2. The quantitative estimate of drug-likeness (QED) is 0.765. The van der Waals surface area contributed by atoms with Gasteiger partial charge in [0.15, 0.2) is 0 Å². The summed E-state index contributed by atoms with van der Waals surface area (Å²) in [5, 5.41) is 3.23. The summed E-state index contributed by atoms with van der Waals surface area (Å²) in [4.78, 5) is -0.0700. The third-order valence-electron chi connectivity index (χ3n) is 3.14. The van der Waals surface area contributed by atoms with Crippen molar-refractivity contribution in [2.24, 2.45) is 0 Å². The lowest BCUT2D eigenvalue weighted by Crippen LogP contribution is -2.34. The van der Waals surface area contributed by atoms with Crippen molar-refractivity contribution < 1.29 is 17.5 Å². The molecule has 2 N–H and O–H groups in total. The molecule has 1 aliphatic heterocycles. The zero-order chi connectivity index (χ0) is 14.4. The van der Waals surface area contributed by atoms with E-state index in [9.17, 15) is 12.8 Å². The van der Waals surface area contributed by atoms with Crippen LogP contribution in [0, 0.1) is 5.82 Å². The second kappa shape index (κ2) is 7.12. The Labute approximate surface area is 118 Å². The van der Waals surface area contributed by atoms with E-state index in [1.54, 1.807) is 0 Å². The molecule has 1 heterocycles. The number of piperidine rings is 1. The molecule has 0 amide bonds. The van der Waals surface area contributed by atoms with Crippen LogP contribution in [-0.4, -0.2) is 40.8 Å². The van der Waals surface area contributed by atoms with Gasteiger partial charge >= 0.3 is 0 Å². The molecule has 1 saturated heterocycles. The second-order valence-electron chi connectivity index (χ2n) is 4.68. The minimum absolute atomic E-state index is 0.0700. The van der Waals surface area contributed by atoms with Crippen LogP contribution in [0.3, 0.4) is 0 Å². The molecule has 1 aliphatic rings. The van der Waals surface area contributed by atoms with Gasteiger partial charge in [0, 0.05) is 6.54 Å². The molecule has 0 spiro atoms. The molecule has 0 bridgehead atoms. The molecule has 0 atom stereocenters. The van der Waals surface area contributed by atoms with Crippen molar-refractivity contribution in [2.75, 3.05) is 26.2 Å². The van der Waals surface area contributed by atoms with Crippen LogP contribution in [0.4, 0.5) is 4.39 Å². The van der Waals surface area contributed by atoms with E-state index < -0.39 is 15.8 Å². The van der Waals surface area contributed by atoms with Crippen LogP contribution in [0.1, 0.15) is 12.8 Å². The van der Waals surface area contributed by atoms with Crippen LogP contribution in [0.2, 0.25) is 0 Å². The maximum absolute atomic E-state index is 13.0. The van der Waals surface area contributed by atoms with Crippen molar-refractivity contribution in [2.45, 2.75) is 23.8 Å². The molecule has 20 heavy (non-hydrogen) atoms. The van der Waals surface area contributed by atoms with Gasteiger partial charge in [0.05, 0.1) is 17.6 Å². The molecule has 0 radical (unpaired) electrons. The Bertz CT molecular complexity index is 530. The highest BCUT2D eigenvalue weighted by atomic mass is 32.2. The van der Waals surface area contributed by atoms with Crippen molar-refractivity contribution in [3.05, 3.63) is 30.1 Å². The normalized spacial score (nSPS) is 17.2. The summed E-state index contributed by atoms with van der Waals surface area (Å²) >= 11 is 0. The maximum atomic E-state index is 13.0. The summed E-state index contributed by atoms with van der Waals surface area (Å²) in [5.41, 5.74) is 0. The Morgan fingerprint density at radius 1 is 1.35 bits per heavy atom. The van der Waals surface area contributed by atoms with Gasteiger partial charge in [-0.3, -0.25) is 0 Å². The molecular weight excluding hydrogens is 283 g/mol. The lowest BCUT2D eigenvalue weighted by Gasteiger charge is -2.22. The van der Waals surface area contributed by atoms with E-state index in [1.807, 2.05) is 0 Å². The zero-order valence-electron chi connectivity index (χ0n) is 11.1. The monoisotopic (exact) mass is 302 g/mol. The Morgan fingerprint density at radius 3 is 2.80 bits per heavy atom. The lowest BCUT2D eigenvalue weighted by molar-refractivity contribution is 0.0367. The third-order valence-corrected chi connectivity index (χ3v) is 4.60. The molecular formula is C13H19FN2O3S. The Balaban J connectivity index is 1.78. The number of benzene rings is 1. The van der Waals surface area contributed by atoms with Gasteiger partial charge < -0.3 is 10.1 Å². The number of hydrogen-bond acceptors (Lipinski definition) is 4. The first kappa shape index (κ1) is 15.4. The van der Waals surface area contributed by atoms with Crippen molar-refractivity contribution in [1.29, 1.82) is 0 Å². The number of sulfonamides is 1. The Hall–Kier alpha value is -1.02. The first-order valence-electron chi connectivity index (χ1n) is 6.65. The Kier molecular flexibility index (Phi) is 5.47. The maximum Gasteiger partial charge on any atom is 0.240 e. The number of ether oxygens (including phenoxy) is 1. The highest BCUT2D eigenvalue weighted by molar-refractivity contribution is 7.89. The highest BCUT2D eigenvalue weighted by Crippen LogP contribution is 2.10. The summed E-state index contributed by atoms with van der Waals surface area (Å²) in [6, 6.07) is 4.93. The van der Waals surface area contributed by atoms with E-state index in [1.165, 1.54) is 18.2 Å². The van der Waals surface area contributed by atoms with Gasteiger partial charge in [-0.05, 0) is 44.1 Å². The number of nitrogens with one attached hydrogen (secondary N) is 2. The van der Waals surface area contributed by atoms with Gasteiger partial charge in [-0.2, -0.15) is 0 Å². The van der Waals surface area contributed by atoms with E-state index in [4.69, 9.17) is 4.74 Å². The molecule has 0 unspecified atom stereocenters. The van der Waals surface area contributed by atoms with Gasteiger partial charge in [0.1, 0.15) is 5.82 Å². The van der Waals surface area contributed by atoms with Crippen LogP contribution < -0.4 is 10.0 Å². The average molecular weight is 302 g/mol. The van der Waals surface area contributed by atoms with E-state index in [0.717, 1.165) is 32.0 Å². The van der Waals surface area contributed by atoms with Crippen LogP contribution in [0.5, 0.6) is 0 Å². The fourth-order valence-electron chi connectivity index (χ4n) is 2.08. The van der Waals surface area contributed by atoms with Crippen molar-refractivity contribution >= 4 is 10.0 Å². The molecule has 0 aromatic heterocycles. The van der Waals surface area contributed by atoms with Crippen LogP contribution in [0.15, 0.2) is 29.2 Å². The molecule has 5 nitrogen and oxygen atoms in total. The SMILES string of the molecule is O=S(=O)(NCCOC1CCNCC1)c1cccc(F)c1. The predicted molar refractivity (Wildman–Crippen MR) is 73.4 cm³/mol. The molecule has 2 rings (SSSR count). The van der Waals surface area contributed by atoms with Gasteiger partial charge in [0.2, 0.25) is 10.0 Å². The minimum Gasteiger partial charge on any atom is -0.377 e. The summed E-state index contributed by atoms with van der Waals surface area (Å²) < 4.78 is 44.8. The van der Waals surface area contributed by atoms with E-state index in [-0.39, 0.29) is 17.5 Å². The summed E-state index contributed by atoms with van der Waals surface area (Å²) in [7, 11) is -3.67. The molecule has 0 aliphatic carbocycles. The van der Waals surface area contributed by atoms with Crippen molar-refractivity contribution in [3.63, 3.8) is 0 Å². The van der Waals surface area contributed by atoms with Gasteiger partial charge in [-0.25, -0.2) is 17.5 Å². The number of rotatable bonds is 6. The number of halogens is 1. The second-order valence-corrected chi connectivity index (χ2v) is 6.44. The summed E-state index contributed by atoms with van der Waals surface area (Å²) in [6.45, 7) is 2.36. The minimum atomic E-state index is -3.67. The molecule has 1 fully saturated rings. The van der Waals surface area contributed by atoms with Crippen LogP contribution >= 0.6 is 0 Å². The molecule has 1 aromatic rings. The van der Waals surface area contributed by atoms with Crippen LogP contribution in [0.25, 0.3) is 0 Å². The van der Waals surface area contributed by atoms with E-state index in [0.29, 0.717) is 6.61 Å². The van der Waals surface area contributed by atoms with E-state index in [2.05, 4.69) is 10.0 Å². The average Bonchev–Trinajstić information content (AvgIpc) is 2.45. The van der Waals surface area contributed by atoms with Gasteiger partial charge in [0.25, 0.3) is 0 Å². The van der Waals surface area contributed by atoms with Crippen molar-refractivity contribution in [3.8, 4) is 0 Å². The van der Waals surface area contributed by atoms with Crippen molar-refractivity contribution in [1.82, 2.24) is 10.0 Å². The van der Waals surface area contributed by atoms with Crippen LogP contribution in [-0.2, 0) is 14.8 Å².